The van der Waals surface area contributed by atoms with Gasteiger partial charge in [0.05, 0.1) is 40.5 Å². The van der Waals surface area contributed by atoms with Gasteiger partial charge in [0.1, 0.15) is 11.2 Å². The van der Waals surface area contributed by atoms with Crippen LogP contribution in [0.5, 0.6) is 0 Å². The van der Waals surface area contributed by atoms with Crippen molar-refractivity contribution in [3.63, 3.8) is 0 Å². The molecule has 0 spiro atoms. The summed E-state index contributed by atoms with van der Waals surface area (Å²) in [7, 11) is 0. The van der Waals surface area contributed by atoms with Gasteiger partial charge in [0, 0.05) is 29.8 Å². The minimum atomic E-state index is -0.0852. The van der Waals surface area contributed by atoms with Crippen molar-refractivity contribution in [1.29, 1.82) is 0 Å². The molecule has 3 N–H and O–H groups in total. The summed E-state index contributed by atoms with van der Waals surface area (Å²) in [6.45, 7) is 6.10. The highest BCUT2D eigenvalue weighted by Crippen LogP contribution is 2.30. The lowest BCUT2D eigenvalue weighted by Gasteiger charge is -2.17. The minimum Gasteiger partial charge on any atom is -0.352 e. The molecule has 5 aromatic heterocycles. The first-order chi connectivity index (χ1) is 15.4. The maximum Gasteiger partial charge on any atom is 0.224 e. The molecule has 0 aliphatic rings. The van der Waals surface area contributed by atoms with E-state index < -0.39 is 0 Å². The SMILES string of the molecule is CC(C)(C)CC(=O)Nc1cncc(-c2ccc3[nH]nc(-c4cc5ccncc5[nH]4)c3n2)c1. The largest absolute Gasteiger partial charge is 0.352 e. The monoisotopic (exact) mass is 425 g/mol. The molecule has 32 heavy (non-hydrogen) atoms. The lowest BCUT2D eigenvalue weighted by Crippen LogP contribution is -2.19. The Kier molecular flexibility index (Phi) is 4.70. The number of anilines is 1. The molecule has 0 saturated carbocycles. The zero-order valence-electron chi connectivity index (χ0n) is 18.1. The maximum absolute atomic E-state index is 12.3. The predicted octanol–water partition coefficient (Wildman–Crippen LogP) is 4.94. The first kappa shape index (κ1) is 19.9. The highest BCUT2D eigenvalue weighted by molar-refractivity contribution is 5.94. The highest BCUT2D eigenvalue weighted by atomic mass is 16.1. The van der Waals surface area contributed by atoms with Crippen molar-refractivity contribution in [3.8, 4) is 22.6 Å². The molecule has 160 valence electrons. The number of rotatable bonds is 4. The van der Waals surface area contributed by atoms with Crippen molar-refractivity contribution in [2.45, 2.75) is 27.2 Å². The topological polar surface area (TPSA) is 112 Å². The molecule has 0 aromatic carbocycles. The van der Waals surface area contributed by atoms with Gasteiger partial charge in [-0.05, 0) is 35.7 Å². The van der Waals surface area contributed by atoms with Crippen LogP contribution < -0.4 is 5.32 Å². The van der Waals surface area contributed by atoms with Crippen LogP contribution in [0.1, 0.15) is 27.2 Å². The summed E-state index contributed by atoms with van der Waals surface area (Å²) in [5, 5.41) is 11.5. The average Bonchev–Trinajstić information content (AvgIpc) is 3.35. The van der Waals surface area contributed by atoms with Gasteiger partial charge in [-0.2, -0.15) is 5.10 Å². The fraction of sp³-hybridized carbons (Fsp3) is 0.208. The number of fused-ring (bicyclic) bond motifs is 2. The van der Waals surface area contributed by atoms with Crippen LogP contribution in [-0.2, 0) is 4.79 Å². The Hall–Kier alpha value is -4.07. The zero-order valence-corrected chi connectivity index (χ0v) is 18.1. The highest BCUT2D eigenvalue weighted by Gasteiger charge is 2.17. The molecule has 1 amide bonds. The molecule has 0 aliphatic carbocycles. The van der Waals surface area contributed by atoms with Crippen molar-refractivity contribution in [2.75, 3.05) is 5.32 Å². The van der Waals surface area contributed by atoms with Crippen LogP contribution in [0.3, 0.4) is 0 Å². The minimum absolute atomic E-state index is 0.0368. The number of carbonyl (C=O) groups is 1. The molecule has 0 atom stereocenters. The number of nitrogens with one attached hydrogen (secondary N) is 3. The Labute approximate surface area is 184 Å². The number of aromatic amines is 2. The summed E-state index contributed by atoms with van der Waals surface area (Å²) in [6.07, 6.45) is 7.36. The summed E-state index contributed by atoms with van der Waals surface area (Å²) in [5.74, 6) is -0.0368. The van der Waals surface area contributed by atoms with Gasteiger partial charge in [-0.1, -0.05) is 20.8 Å². The Morgan fingerprint density at radius 2 is 1.91 bits per heavy atom. The summed E-state index contributed by atoms with van der Waals surface area (Å²) in [6, 6.07) is 9.73. The van der Waals surface area contributed by atoms with E-state index in [1.165, 1.54) is 0 Å². The van der Waals surface area contributed by atoms with Gasteiger partial charge in [-0.3, -0.25) is 19.9 Å². The van der Waals surface area contributed by atoms with Gasteiger partial charge in [0.25, 0.3) is 0 Å². The van der Waals surface area contributed by atoms with E-state index in [-0.39, 0.29) is 11.3 Å². The molecule has 0 fully saturated rings. The molecule has 0 radical (unpaired) electrons. The van der Waals surface area contributed by atoms with Crippen LogP contribution in [0.2, 0.25) is 0 Å². The molecule has 5 heterocycles. The third-order valence-electron chi connectivity index (χ3n) is 5.10. The molecule has 0 aliphatic heterocycles. The Morgan fingerprint density at radius 1 is 1.03 bits per heavy atom. The van der Waals surface area contributed by atoms with Crippen molar-refractivity contribution in [2.24, 2.45) is 5.41 Å². The molecule has 0 unspecified atom stereocenters. The fourth-order valence-corrected chi connectivity index (χ4v) is 3.68. The standard InChI is InChI=1S/C24H23N7O/c1-24(2,3)10-21(32)27-16-8-15(11-26-12-16)17-4-5-18-22(29-17)23(31-30-18)19-9-14-6-7-25-13-20(14)28-19/h4-9,11-13,28H,10H2,1-3H3,(H,27,32)(H,30,31). The summed E-state index contributed by atoms with van der Waals surface area (Å²) < 4.78 is 0. The number of hydrogen-bond acceptors (Lipinski definition) is 5. The molecule has 5 rings (SSSR count). The van der Waals surface area contributed by atoms with Crippen molar-refractivity contribution in [3.05, 3.63) is 55.1 Å². The third kappa shape index (κ3) is 3.94. The van der Waals surface area contributed by atoms with Gasteiger partial charge < -0.3 is 10.3 Å². The van der Waals surface area contributed by atoms with Crippen LogP contribution in [0.25, 0.3) is 44.6 Å². The van der Waals surface area contributed by atoms with Crippen molar-refractivity contribution in [1.82, 2.24) is 30.1 Å². The fourth-order valence-electron chi connectivity index (χ4n) is 3.68. The zero-order chi connectivity index (χ0) is 22.3. The van der Waals surface area contributed by atoms with E-state index in [2.05, 4.69) is 30.5 Å². The van der Waals surface area contributed by atoms with Crippen LogP contribution in [0.4, 0.5) is 5.69 Å². The number of aromatic nitrogens is 6. The lowest BCUT2D eigenvalue weighted by atomic mass is 9.92. The Bertz CT molecular complexity index is 1410. The van der Waals surface area contributed by atoms with Gasteiger partial charge >= 0.3 is 0 Å². The van der Waals surface area contributed by atoms with Gasteiger partial charge in [0.2, 0.25) is 5.91 Å². The van der Waals surface area contributed by atoms with Crippen LogP contribution >= 0.6 is 0 Å². The van der Waals surface area contributed by atoms with Gasteiger partial charge in [-0.15, -0.1) is 0 Å². The number of carbonyl (C=O) groups excluding carboxylic acids is 1. The number of H-pyrrole nitrogens is 2. The van der Waals surface area contributed by atoms with Gasteiger partial charge in [-0.25, -0.2) is 4.98 Å². The normalized spacial score (nSPS) is 11.8. The maximum atomic E-state index is 12.3. The molecule has 0 saturated heterocycles. The van der Waals surface area contributed by atoms with E-state index in [9.17, 15) is 4.79 Å². The summed E-state index contributed by atoms with van der Waals surface area (Å²) in [5.41, 5.74) is 6.26. The molecule has 8 heteroatoms. The first-order valence-corrected chi connectivity index (χ1v) is 10.4. The van der Waals surface area contributed by atoms with Crippen LogP contribution in [0, 0.1) is 5.41 Å². The first-order valence-electron chi connectivity index (χ1n) is 10.4. The molecule has 0 bridgehead atoms. The number of hydrogen-bond donors (Lipinski definition) is 3. The summed E-state index contributed by atoms with van der Waals surface area (Å²) >= 11 is 0. The third-order valence-corrected chi connectivity index (χ3v) is 5.10. The van der Waals surface area contributed by atoms with Crippen molar-refractivity contribution < 1.29 is 4.79 Å². The molecule has 8 nitrogen and oxygen atoms in total. The predicted molar refractivity (Wildman–Crippen MR) is 125 cm³/mol. The molecular formula is C24H23N7O. The molecule has 5 aromatic rings. The van der Waals surface area contributed by atoms with Crippen molar-refractivity contribution >= 4 is 33.5 Å². The van der Waals surface area contributed by atoms with E-state index in [1.54, 1.807) is 24.8 Å². The second-order valence-corrected chi connectivity index (χ2v) is 9.06. The lowest BCUT2D eigenvalue weighted by molar-refractivity contribution is -0.117. The number of pyridine rings is 3. The van der Waals surface area contributed by atoms with Crippen LogP contribution in [0.15, 0.2) is 55.1 Å². The van der Waals surface area contributed by atoms with E-state index in [1.807, 2.05) is 51.1 Å². The Morgan fingerprint density at radius 3 is 2.72 bits per heavy atom. The quantitative estimate of drug-likeness (QED) is 0.378. The van der Waals surface area contributed by atoms with Gasteiger partial charge in [0.15, 0.2) is 0 Å². The average molecular weight is 425 g/mol. The Balaban J connectivity index is 1.49. The van der Waals surface area contributed by atoms with E-state index in [0.29, 0.717) is 12.1 Å². The second kappa shape index (κ2) is 7.56. The van der Waals surface area contributed by atoms with Crippen LogP contribution in [-0.4, -0.2) is 36.0 Å². The summed E-state index contributed by atoms with van der Waals surface area (Å²) in [4.78, 5) is 29.0. The van der Waals surface area contributed by atoms with E-state index in [4.69, 9.17) is 4.98 Å². The smallest absolute Gasteiger partial charge is 0.224 e. The van der Waals surface area contributed by atoms with E-state index in [0.717, 1.165) is 44.6 Å². The van der Waals surface area contributed by atoms with E-state index >= 15 is 0 Å². The second-order valence-electron chi connectivity index (χ2n) is 9.06. The number of nitrogens with zero attached hydrogens (tertiary/aromatic N) is 4. The number of amides is 1. The molecular weight excluding hydrogens is 402 g/mol.